The SMILES string of the molecule is CC(C)C(NC(=O)c1ccccc1F)C(=O)NCCNc1ccc([N+](=O)[O-])cc1. The molecule has 0 fully saturated rings. The second-order valence-corrected chi connectivity index (χ2v) is 6.70. The van der Waals surface area contributed by atoms with Gasteiger partial charge in [-0.2, -0.15) is 0 Å². The summed E-state index contributed by atoms with van der Waals surface area (Å²) in [6.45, 7) is 4.21. The largest absolute Gasteiger partial charge is 0.383 e. The average molecular weight is 402 g/mol. The minimum atomic E-state index is -0.818. The van der Waals surface area contributed by atoms with Crippen molar-refractivity contribution in [2.45, 2.75) is 19.9 Å². The van der Waals surface area contributed by atoms with Gasteiger partial charge < -0.3 is 16.0 Å². The fourth-order valence-corrected chi connectivity index (χ4v) is 2.60. The minimum Gasteiger partial charge on any atom is -0.383 e. The van der Waals surface area contributed by atoms with Crippen LogP contribution in [0.25, 0.3) is 0 Å². The van der Waals surface area contributed by atoms with Crippen molar-refractivity contribution in [3.05, 3.63) is 70.0 Å². The molecule has 8 nitrogen and oxygen atoms in total. The summed E-state index contributed by atoms with van der Waals surface area (Å²) in [5, 5.41) is 19.0. The molecule has 0 saturated carbocycles. The summed E-state index contributed by atoms with van der Waals surface area (Å²) in [6, 6.07) is 10.7. The van der Waals surface area contributed by atoms with Crippen LogP contribution in [0.15, 0.2) is 48.5 Å². The Morgan fingerprint density at radius 3 is 2.31 bits per heavy atom. The molecular weight excluding hydrogens is 379 g/mol. The van der Waals surface area contributed by atoms with Crippen LogP contribution in [0.1, 0.15) is 24.2 Å². The Morgan fingerprint density at radius 2 is 1.72 bits per heavy atom. The van der Waals surface area contributed by atoms with Gasteiger partial charge in [0, 0.05) is 30.9 Å². The van der Waals surface area contributed by atoms with Crippen LogP contribution in [-0.4, -0.2) is 35.9 Å². The Bertz CT molecular complexity index is 871. The number of hydrogen-bond acceptors (Lipinski definition) is 5. The van der Waals surface area contributed by atoms with Gasteiger partial charge in [-0.3, -0.25) is 19.7 Å². The predicted octanol–water partition coefficient (Wildman–Crippen LogP) is 2.72. The lowest BCUT2D eigenvalue weighted by molar-refractivity contribution is -0.384. The lowest BCUT2D eigenvalue weighted by atomic mass is 10.0. The molecule has 2 rings (SSSR count). The number of benzene rings is 2. The summed E-state index contributed by atoms with van der Waals surface area (Å²) < 4.78 is 13.8. The number of carbonyl (C=O) groups excluding carboxylic acids is 2. The van der Waals surface area contributed by atoms with Crippen LogP contribution < -0.4 is 16.0 Å². The van der Waals surface area contributed by atoms with Crippen molar-refractivity contribution in [1.82, 2.24) is 10.6 Å². The van der Waals surface area contributed by atoms with E-state index in [0.29, 0.717) is 12.2 Å². The molecule has 1 unspecified atom stereocenters. The zero-order valence-electron chi connectivity index (χ0n) is 16.1. The number of nitrogens with zero attached hydrogens (tertiary/aromatic N) is 1. The Kier molecular flexibility index (Phi) is 7.64. The number of carbonyl (C=O) groups is 2. The van der Waals surface area contributed by atoms with Crippen molar-refractivity contribution >= 4 is 23.2 Å². The molecule has 9 heteroatoms. The highest BCUT2D eigenvalue weighted by molar-refractivity contribution is 5.97. The van der Waals surface area contributed by atoms with E-state index in [1.165, 1.54) is 30.3 Å². The maximum atomic E-state index is 13.8. The number of hydrogen-bond donors (Lipinski definition) is 3. The van der Waals surface area contributed by atoms with Gasteiger partial charge in [0.15, 0.2) is 0 Å². The zero-order chi connectivity index (χ0) is 21.4. The van der Waals surface area contributed by atoms with Crippen LogP contribution >= 0.6 is 0 Å². The highest BCUT2D eigenvalue weighted by Gasteiger charge is 2.25. The molecule has 0 aliphatic carbocycles. The van der Waals surface area contributed by atoms with E-state index in [1.807, 2.05) is 0 Å². The number of halogens is 1. The molecular formula is C20H23FN4O4. The molecule has 1 atom stereocenters. The average Bonchev–Trinajstić information content (AvgIpc) is 2.69. The van der Waals surface area contributed by atoms with Crippen molar-refractivity contribution in [3.8, 4) is 0 Å². The maximum Gasteiger partial charge on any atom is 0.269 e. The molecule has 154 valence electrons. The standard InChI is InChI=1S/C20H23FN4O4/c1-13(2)18(24-19(26)16-5-3-4-6-17(16)21)20(27)23-12-11-22-14-7-9-15(10-8-14)25(28)29/h3-10,13,18,22H,11-12H2,1-2H3,(H,23,27)(H,24,26). The lowest BCUT2D eigenvalue weighted by Gasteiger charge is -2.22. The van der Waals surface area contributed by atoms with Crippen LogP contribution in [0.4, 0.5) is 15.8 Å². The van der Waals surface area contributed by atoms with E-state index in [-0.39, 0.29) is 29.6 Å². The first-order valence-electron chi connectivity index (χ1n) is 9.11. The van der Waals surface area contributed by atoms with Gasteiger partial charge >= 0.3 is 0 Å². The van der Waals surface area contributed by atoms with Gasteiger partial charge in [-0.1, -0.05) is 26.0 Å². The van der Waals surface area contributed by atoms with Crippen molar-refractivity contribution < 1.29 is 18.9 Å². The summed E-state index contributed by atoms with van der Waals surface area (Å²) in [7, 11) is 0. The molecule has 2 aromatic rings. The molecule has 29 heavy (non-hydrogen) atoms. The van der Waals surface area contributed by atoms with Crippen molar-refractivity contribution in [2.24, 2.45) is 5.92 Å². The molecule has 2 aromatic carbocycles. The number of rotatable bonds is 9. The third-order valence-electron chi connectivity index (χ3n) is 4.19. The summed E-state index contributed by atoms with van der Waals surface area (Å²) in [4.78, 5) is 34.9. The molecule has 0 heterocycles. The first-order valence-corrected chi connectivity index (χ1v) is 9.11. The predicted molar refractivity (Wildman–Crippen MR) is 107 cm³/mol. The summed E-state index contributed by atoms with van der Waals surface area (Å²) >= 11 is 0. The Hall–Kier alpha value is -3.49. The molecule has 0 saturated heterocycles. The van der Waals surface area contributed by atoms with Gasteiger partial charge in [0.05, 0.1) is 10.5 Å². The Morgan fingerprint density at radius 1 is 1.07 bits per heavy atom. The van der Waals surface area contributed by atoms with Crippen LogP contribution in [-0.2, 0) is 4.79 Å². The number of nitrogens with one attached hydrogen (secondary N) is 3. The topological polar surface area (TPSA) is 113 Å². The Balaban J connectivity index is 1.85. The number of nitro groups is 1. The second kappa shape index (κ2) is 10.2. The van der Waals surface area contributed by atoms with E-state index >= 15 is 0 Å². The van der Waals surface area contributed by atoms with Gasteiger partial charge in [-0.15, -0.1) is 0 Å². The first-order chi connectivity index (χ1) is 13.8. The van der Waals surface area contributed by atoms with E-state index in [2.05, 4.69) is 16.0 Å². The number of amides is 2. The van der Waals surface area contributed by atoms with Gasteiger partial charge in [-0.05, 0) is 30.2 Å². The van der Waals surface area contributed by atoms with Gasteiger partial charge in [0.1, 0.15) is 11.9 Å². The van der Waals surface area contributed by atoms with E-state index < -0.39 is 22.7 Å². The van der Waals surface area contributed by atoms with Crippen molar-refractivity contribution in [3.63, 3.8) is 0 Å². The molecule has 0 aliphatic rings. The number of nitro benzene ring substituents is 1. The molecule has 2 amide bonds. The van der Waals surface area contributed by atoms with E-state index in [9.17, 15) is 24.1 Å². The van der Waals surface area contributed by atoms with E-state index in [1.54, 1.807) is 32.0 Å². The normalized spacial score (nSPS) is 11.6. The lowest BCUT2D eigenvalue weighted by Crippen LogP contribution is -2.50. The van der Waals surface area contributed by atoms with Crippen LogP contribution in [0.5, 0.6) is 0 Å². The molecule has 0 radical (unpaired) electrons. The van der Waals surface area contributed by atoms with Crippen LogP contribution in [0.3, 0.4) is 0 Å². The van der Waals surface area contributed by atoms with Crippen molar-refractivity contribution in [1.29, 1.82) is 0 Å². The fraction of sp³-hybridized carbons (Fsp3) is 0.300. The first kappa shape index (κ1) is 21.8. The number of non-ortho nitro benzene ring substituents is 1. The third-order valence-corrected chi connectivity index (χ3v) is 4.19. The highest BCUT2D eigenvalue weighted by atomic mass is 19.1. The van der Waals surface area contributed by atoms with E-state index in [4.69, 9.17) is 0 Å². The molecule has 0 aromatic heterocycles. The third kappa shape index (κ3) is 6.27. The van der Waals surface area contributed by atoms with Crippen LogP contribution in [0, 0.1) is 21.8 Å². The fourth-order valence-electron chi connectivity index (χ4n) is 2.60. The molecule has 0 bridgehead atoms. The quantitative estimate of drug-likeness (QED) is 0.339. The second-order valence-electron chi connectivity index (χ2n) is 6.70. The molecule has 3 N–H and O–H groups in total. The van der Waals surface area contributed by atoms with Gasteiger partial charge in [-0.25, -0.2) is 4.39 Å². The summed E-state index contributed by atoms with van der Waals surface area (Å²) in [5.41, 5.74) is 0.554. The van der Waals surface area contributed by atoms with Crippen molar-refractivity contribution in [2.75, 3.05) is 18.4 Å². The number of anilines is 1. The smallest absolute Gasteiger partial charge is 0.269 e. The van der Waals surface area contributed by atoms with Gasteiger partial charge in [0.2, 0.25) is 5.91 Å². The van der Waals surface area contributed by atoms with E-state index in [0.717, 1.165) is 0 Å². The minimum absolute atomic E-state index is 0.00535. The zero-order valence-corrected chi connectivity index (χ0v) is 16.1. The Labute approximate surface area is 167 Å². The molecule has 0 aliphatic heterocycles. The molecule has 0 spiro atoms. The maximum absolute atomic E-state index is 13.8. The van der Waals surface area contributed by atoms with Crippen LogP contribution in [0.2, 0.25) is 0 Å². The summed E-state index contributed by atoms with van der Waals surface area (Å²) in [5.74, 6) is -1.88. The monoisotopic (exact) mass is 402 g/mol. The van der Waals surface area contributed by atoms with Gasteiger partial charge in [0.25, 0.3) is 11.6 Å². The highest BCUT2D eigenvalue weighted by Crippen LogP contribution is 2.15. The summed E-state index contributed by atoms with van der Waals surface area (Å²) in [6.07, 6.45) is 0.